The smallest absolute Gasteiger partial charge is 0.191 e. The van der Waals surface area contributed by atoms with Gasteiger partial charge in [0, 0.05) is 25.4 Å². The number of nitrogens with zero attached hydrogens (tertiary/aromatic N) is 4. The topological polar surface area (TPSA) is 76.4 Å². The lowest BCUT2D eigenvalue weighted by Crippen LogP contribution is -2.47. The highest BCUT2D eigenvalue weighted by Crippen LogP contribution is 2.13. The fourth-order valence-corrected chi connectivity index (χ4v) is 3.13. The molecule has 1 aliphatic rings. The molecule has 0 bridgehead atoms. The van der Waals surface area contributed by atoms with Gasteiger partial charge in [-0.15, -0.1) is 0 Å². The van der Waals surface area contributed by atoms with E-state index in [1.54, 1.807) is 0 Å². The van der Waals surface area contributed by atoms with Crippen molar-refractivity contribution in [1.82, 2.24) is 25.4 Å². The van der Waals surface area contributed by atoms with Crippen LogP contribution in [0.3, 0.4) is 0 Å². The number of nitrogens with one attached hydrogen (secondary N) is 2. The van der Waals surface area contributed by atoms with Gasteiger partial charge in [-0.2, -0.15) is 5.10 Å². The van der Waals surface area contributed by atoms with Crippen LogP contribution in [0.4, 0.5) is 0 Å². The SMILES string of the molecule is CCNC(=NCCOCc1ccccc1)NC1CCc2nc(CC)nn2C1. The average molecular weight is 371 g/mol. The van der Waals surface area contributed by atoms with Crippen LogP contribution >= 0.6 is 0 Å². The predicted octanol–water partition coefficient (Wildman–Crippen LogP) is 1.93. The standard InChI is InChI=1S/C20H30N6O/c1-3-18-24-19-11-10-17(14-26(19)25-18)23-20(21-4-2)22-12-13-27-15-16-8-6-5-7-9-16/h5-9,17H,3-4,10-15H2,1-2H3,(H2,21,22,23). The van der Waals surface area contributed by atoms with Gasteiger partial charge >= 0.3 is 0 Å². The molecule has 1 atom stereocenters. The lowest BCUT2D eigenvalue weighted by Gasteiger charge is -2.25. The van der Waals surface area contributed by atoms with Crippen LogP contribution in [-0.2, 0) is 30.7 Å². The molecule has 1 aromatic carbocycles. The van der Waals surface area contributed by atoms with Crippen LogP contribution in [0.1, 0.15) is 37.5 Å². The minimum Gasteiger partial charge on any atom is -0.375 e. The first-order chi connectivity index (χ1) is 13.3. The molecule has 1 aliphatic heterocycles. The van der Waals surface area contributed by atoms with Crippen LogP contribution < -0.4 is 10.6 Å². The molecule has 0 amide bonds. The summed E-state index contributed by atoms with van der Waals surface area (Å²) >= 11 is 0. The number of fused-ring (bicyclic) bond motifs is 1. The van der Waals surface area contributed by atoms with Crippen molar-refractivity contribution in [2.75, 3.05) is 19.7 Å². The fourth-order valence-electron chi connectivity index (χ4n) is 3.13. The minimum atomic E-state index is 0.312. The van der Waals surface area contributed by atoms with E-state index in [2.05, 4.69) is 51.7 Å². The molecule has 0 radical (unpaired) electrons. The number of aryl methyl sites for hydroxylation is 2. The molecule has 3 rings (SSSR count). The van der Waals surface area contributed by atoms with E-state index in [-0.39, 0.29) is 0 Å². The van der Waals surface area contributed by atoms with Crippen molar-refractivity contribution in [3.05, 3.63) is 47.5 Å². The number of benzene rings is 1. The van der Waals surface area contributed by atoms with Crippen molar-refractivity contribution in [2.24, 2.45) is 4.99 Å². The zero-order valence-electron chi connectivity index (χ0n) is 16.3. The van der Waals surface area contributed by atoms with Crippen molar-refractivity contribution in [3.63, 3.8) is 0 Å². The van der Waals surface area contributed by atoms with Crippen LogP contribution in [0.25, 0.3) is 0 Å². The molecular weight excluding hydrogens is 340 g/mol. The summed E-state index contributed by atoms with van der Waals surface area (Å²) in [7, 11) is 0. The van der Waals surface area contributed by atoms with Crippen molar-refractivity contribution in [1.29, 1.82) is 0 Å². The monoisotopic (exact) mass is 370 g/mol. The molecule has 27 heavy (non-hydrogen) atoms. The van der Waals surface area contributed by atoms with Gasteiger partial charge in [-0.25, -0.2) is 9.67 Å². The van der Waals surface area contributed by atoms with E-state index in [9.17, 15) is 0 Å². The zero-order valence-corrected chi connectivity index (χ0v) is 16.3. The molecular formula is C20H30N6O. The van der Waals surface area contributed by atoms with E-state index in [0.717, 1.165) is 50.0 Å². The van der Waals surface area contributed by atoms with Gasteiger partial charge < -0.3 is 15.4 Å². The van der Waals surface area contributed by atoms with Crippen LogP contribution in [-0.4, -0.2) is 46.5 Å². The maximum atomic E-state index is 5.71. The first-order valence-electron chi connectivity index (χ1n) is 9.87. The van der Waals surface area contributed by atoms with E-state index in [1.165, 1.54) is 5.56 Å². The van der Waals surface area contributed by atoms with E-state index in [1.807, 2.05) is 22.9 Å². The van der Waals surface area contributed by atoms with Crippen LogP contribution in [0, 0.1) is 0 Å². The van der Waals surface area contributed by atoms with Crippen molar-refractivity contribution >= 4 is 5.96 Å². The highest BCUT2D eigenvalue weighted by molar-refractivity contribution is 5.80. The van der Waals surface area contributed by atoms with E-state index in [4.69, 9.17) is 4.74 Å². The van der Waals surface area contributed by atoms with Crippen LogP contribution in [0.5, 0.6) is 0 Å². The summed E-state index contributed by atoms with van der Waals surface area (Å²) in [6, 6.07) is 10.5. The fraction of sp³-hybridized carbons (Fsp3) is 0.550. The van der Waals surface area contributed by atoms with E-state index >= 15 is 0 Å². The number of hydrogen-bond acceptors (Lipinski definition) is 4. The molecule has 0 fully saturated rings. The van der Waals surface area contributed by atoms with E-state index in [0.29, 0.717) is 25.8 Å². The predicted molar refractivity (Wildman–Crippen MR) is 107 cm³/mol. The largest absolute Gasteiger partial charge is 0.375 e. The Kier molecular flexibility index (Phi) is 7.21. The first kappa shape index (κ1) is 19.4. The maximum Gasteiger partial charge on any atom is 0.191 e. The number of ether oxygens (including phenoxy) is 1. The van der Waals surface area contributed by atoms with Crippen LogP contribution in [0.15, 0.2) is 35.3 Å². The third kappa shape index (κ3) is 5.79. The normalized spacial score (nSPS) is 16.8. The second kappa shape index (κ2) is 10.1. The quantitative estimate of drug-likeness (QED) is 0.422. The molecule has 0 spiro atoms. The number of guanidine groups is 1. The molecule has 146 valence electrons. The lowest BCUT2D eigenvalue weighted by molar-refractivity contribution is 0.128. The highest BCUT2D eigenvalue weighted by atomic mass is 16.5. The second-order valence-electron chi connectivity index (χ2n) is 6.66. The van der Waals surface area contributed by atoms with Gasteiger partial charge in [0.05, 0.1) is 26.3 Å². The summed E-state index contributed by atoms with van der Waals surface area (Å²) in [6.45, 7) is 7.68. The van der Waals surface area contributed by atoms with Crippen molar-refractivity contribution in [3.8, 4) is 0 Å². The molecule has 7 heteroatoms. The van der Waals surface area contributed by atoms with Gasteiger partial charge in [-0.1, -0.05) is 37.3 Å². The third-order valence-corrected chi connectivity index (χ3v) is 4.52. The number of aliphatic imine (C=N–C) groups is 1. The summed E-state index contributed by atoms with van der Waals surface area (Å²) in [5.41, 5.74) is 1.18. The molecule has 2 aromatic rings. The van der Waals surface area contributed by atoms with Gasteiger partial charge in [0.1, 0.15) is 5.82 Å². The summed E-state index contributed by atoms with van der Waals surface area (Å²) in [4.78, 5) is 9.22. The molecule has 2 N–H and O–H groups in total. The summed E-state index contributed by atoms with van der Waals surface area (Å²) in [5.74, 6) is 2.87. The number of aromatic nitrogens is 3. The summed E-state index contributed by atoms with van der Waals surface area (Å²) < 4.78 is 7.75. The van der Waals surface area contributed by atoms with E-state index < -0.39 is 0 Å². The Morgan fingerprint density at radius 1 is 1.30 bits per heavy atom. The first-order valence-corrected chi connectivity index (χ1v) is 9.87. The Labute approximate surface area is 161 Å². The van der Waals surface area contributed by atoms with Gasteiger partial charge in [0.2, 0.25) is 0 Å². The minimum absolute atomic E-state index is 0.312. The Bertz CT molecular complexity index is 727. The Morgan fingerprint density at radius 2 is 2.15 bits per heavy atom. The molecule has 2 heterocycles. The average Bonchev–Trinajstić information content (AvgIpc) is 3.11. The second-order valence-corrected chi connectivity index (χ2v) is 6.66. The number of rotatable bonds is 8. The summed E-state index contributed by atoms with van der Waals surface area (Å²) in [6.07, 6.45) is 2.87. The molecule has 0 saturated heterocycles. The molecule has 7 nitrogen and oxygen atoms in total. The summed E-state index contributed by atoms with van der Waals surface area (Å²) in [5, 5.41) is 11.4. The Balaban J connectivity index is 1.46. The van der Waals surface area contributed by atoms with Crippen LogP contribution in [0.2, 0.25) is 0 Å². The van der Waals surface area contributed by atoms with Crippen molar-refractivity contribution < 1.29 is 4.74 Å². The molecule has 1 aromatic heterocycles. The zero-order chi connectivity index (χ0) is 18.9. The number of hydrogen-bond donors (Lipinski definition) is 2. The Hall–Kier alpha value is -2.41. The van der Waals surface area contributed by atoms with Gasteiger partial charge in [0.15, 0.2) is 11.8 Å². The van der Waals surface area contributed by atoms with Gasteiger partial charge in [0.25, 0.3) is 0 Å². The highest BCUT2D eigenvalue weighted by Gasteiger charge is 2.21. The van der Waals surface area contributed by atoms with Gasteiger partial charge in [-0.05, 0) is 18.9 Å². The third-order valence-electron chi connectivity index (χ3n) is 4.52. The molecule has 0 saturated carbocycles. The molecule has 1 unspecified atom stereocenters. The van der Waals surface area contributed by atoms with Crippen molar-refractivity contribution in [2.45, 2.75) is 52.3 Å². The Morgan fingerprint density at radius 3 is 2.93 bits per heavy atom. The molecule has 0 aliphatic carbocycles. The van der Waals surface area contributed by atoms with Gasteiger partial charge in [-0.3, -0.25) is 4.99 Å². The maximum absolute atomic E-state index is 5.71. The lowest BCUT2D eigenvalue weighted by atomic mass is 10.1.